The molecule has 6 aliphatic rings. The van der Waals surface area contributed by atoms with Gasteiger partial charge in [-0.05, 0) is 31.3 Å². The number of aliphatic hydroxyl groups excluding tert-OH is 2. The van der Waals surface area contributed by atoms with Gasteiger partial charge in [-0.15, -0.1) is 0 Å². The Kier molecular flexibility index (Phi) is 2.94. The Labute approximate surface area is 163 Å². The monoisotopic (exact) mass is 398 g/mol. The molecule has 0 radical (unpaired) electrons. The second-order valence-electron chi connectivity index (χ2n) is 10.5. The third-order valence-corrected chi connectivity index (χ3v) is 9.96. The zero-order chi connectivity index (χ0) is 21.1. The zero-order valence-electron chi connectivity index (χ0n) is 16.6. The first-order chi connectivity index (χ1) is 12.6. The molecule has 6 fully saturated rings. The van der Waals surface area contributed by atoms with Gasteiger partial charge in [0.15, 0.2) is 11.4 Å². The van der Waals surface area contributed by atoms with Gasteiger partial charge in [-0.25, -0.2) is 0 Å². The highest BCUT2D eigenvalue weighted by Crippen LogP contribution is 2.90. The van der Waals surface area contributed by atoms with Gasteiger partial charge in [0.05, 0.1) is 5.41 Å². The molecule has 2 aliphatic heterocycles. The first kappa shape index (κ1) is 19.4. The first-order valence-electron chi connectivity index (χ1n) is 9.91. The topological polar surface area (TPSA) is 151 Å². The summed E-state index contributed by atoms with van der Waals surface area (Å²) in [5.41, 5.74) is -14.8. The van der Waals surface area contributed by atoms with E-state index in [1.807, 2.05) is 0 Å². The minimum absolute atomic E-state index is 0.0169. The zero-order valence-corrected chi connectivity index (χ0v) is 16.6. The maximum Gasteiger partial charge on any atom is 0.178 e. The average molecular weight is 398 g/mol. The molecule has 4 aliphatic carbocycles. The summed E-state index contributed by atoms with van der Waals surface area (Å²) in [6.45, 7) is 9.88. The van der Waals surface area contributed by atoms with Gasteiger partial charge in [-0.1, -0.05) is 27.4 Å². The predicted molar refractivity (Wildman–Crippen MR) is 94.6 cm³/mol. The van der Waals surface area contributed by atoms with E-state index in [9.17, 15) is 35.7 Å². The van der Waals surface area contributed by atoms with E-state index in [4.69, 9.17) is 4.74 Å². The summed E-state index contributed by atoms with van der Waals surface area (Å²) in [5, 5.41) is 82.0. The van der Waals surface area contributed by atoms with Crippen molar-refractivity contribution >= 4 is 0 Å². The van der Waals surface area contributed by atoms with Crippen LogP contribution in [0.3, 0.4) is 0 Å². The van der Waals surface area contributed by atoms with E-state index >= 15 is 0 Å². The van der Waals surface area contributed by atoms with Gasteiger partial charge >= 0.3 is 0 Å². The van der Waals surface area contributed by atoms with Crippen LogP contribution in [0.5, 0.6) is 0 Å². The molecule has 28 heavy (non-hydrogen) atoms. The van der Waals surface area contributed by atoms with Crippen LogP contribution in [0.4, 0.5) is 0 Å². The maximum absolute atomic E-state index is 12.3. The lowest BCUT2D eigenvalue weighted by molar-refractivity contribution is -0.383. The molecule has 0 aromatic carbocycles. The lowest BCUT2D eigenvalue weighted by atomic mass is 9.52. The molecular weight excluding hydrogens is 368 g/mol. The van der Waals surface area contributed by atoms with Gasteiger partial charge in [0.2, 0.25) is 0 Å². The quantitative estimate of drug-likeness (QED) is 0.265. The molecule has 1 spiro atoms. The van der Waals surface area contributed by atoms with E-state index in [1.165, 1.54) is 13.8 Å². The number of ether oxygens (including phenoxy) is 1. The second-order valence-corrected chi connectivity index (χ2v) is 10.5. The minimum atomic E-state index is -2.55. The molecule has 6 rings (SSSR count). The van der Waals surface area contributed by atoms with Crippen molar-refractivity contribution in [3.63, 3.8) is 0 Å². The summed E-state index contributed by atoms with van der Waals surface area (Å²) in [7, 11) is 0. The van der Waals surface area contributed by atoms with E-state index in [0.29, 0.717) is 0 Å². The molecule has 8 nitrogen and oxygen atoms in total. The van der Waals surface area contributed by atoms with Crippen LogP contribution in [0.1, 0.15) is 47.0 Å². The molecule has 0 aromatic rings. The summed E-state index contributed by atoms with van der Waals surface area (Å²) in [4.78, 5) is 0. The van der Waals surface area contributed by atoms with Crippen molar-refractivity contribution < 1.29 is 40.5 Å². The van der Waals surface area contributed by atoms with Crippen LogP contribution in [0.25, 0.3) is 0 Å². The van der Waals surface area contributed by atoms with Gasteiger partial charge in [0.1, 0.15) is 34.6 Å². The van der Waals surface area contributed by atoms with E-state index in [0.717, 1.165) is 0 Å². The summed E-state index contributed by atoms with van der Waals surface area (Å²) in [6, 6.07) is 0. The highest BCUT2D eigenvalue weighted by Gasteiger charge is 3.09. The van der Waals surface area contributed by atoms with Crippen molar-refractivity contribution in [2.75, 3.05) is 0 Å². The summed E-state index contributed by atoms with van der Waals surface area (Å²) in [6.07, 6.45) is -3.59. The SMILES string of the molecule is C=C1CC[C@]2(O)[C@]3(C)C[C@]4(O)O[C@@]2([C@@H]1O)[C@]1(O)[C@@]3(O)[C@H](O)[C@](O)(C(C)C)[C@@]14C. The molecule has 2 saturated heterocycles. The van der Waals surface area contributed by atoms with E-state index in [-0.39, 0.29) is 24.8 Å². The highest BCUT2D eigenvalue weighted by atomic mass is 16.7. The van der Waals surface area contributed by atoms with Crippen LogP contribution in [0.15, 0.2) is 12.2 Å². The lowest BCUT2D eigenvalue weighted by Gasteiger charge is -2.60. The van der Waals surface area contributed by atoms with E-state index in [2.05, 4.69) is 6.58 Å². The second kappa shape index (κ2) is 4.24. The maximum atomic E-state index is 12.3. The van der Waals surface area contributed by atoms with Crippen molar-refractivity contribution in [3.05, 3.63) is 12.2 Å². The lowest BCUT2D eigenvalue weighted by Crippen LogP contribution is -2.74. The van der Waals surface area contributed by atoms with Crippen molar-refractivity contribution in [1.82, 2.24) is 0 Å². The molecule has 10 atom stereocenters. The fraction of sp³-hybridized carbons (Fsp3) is 0.900. The van der Waals surface area contributed by atoms with Crippen molar-refractivity contribution in [1.29, 1.82) is 0 Å². The van der Waals surface area contributed by atoms with Crippen LogP contribution >= 0.6 is 0 Å². The molecular formula is C20H30O8. The smallest absolute Gasteiger partial charge is 0.178 e. The summed E-state index contributed by atoms with van der Waals surface area (Å²) >= 11 is 0. The van der Waals surface area contributed by atoms with Gasteiger partial charge in [-0.2, -0.15) is 0 Å². The van der Waals surface area contributed by atoms with Crippen LogP contribution in [0, 0.1) is 16.7 Å². The van der Waals surface area contributed by atoms with Crippen molar-refractivity contribution in [2.24, 2.45) is 16.7 Å². The Bertz CT molecular complexity index is 831. The van der Waals surface area contributed by atoms with Crippen LogP contribution < -0.4 is 0 Å². The normalized spacial score (nSPS) is 69.5. The van der Waals surface area contributed by atoms with Crippen LogP contribution in [0.2, 0.25) is 0 Å². The molecule has 158 valence electrons. The van der Waals surface area contributed by atoms with E-state index < -0.39 is 62.7 Å². The molecule has 2 heterocycles. The largest absolute Gasteiger partial charge is 0.387 e. The molecule has 0 amide bonds. The summed E-state index contributed by atoms with van der Waals surface area (Å²) < 4.78 is 5.99. The standard InChI is InChI=1S/C20H30O8/c1-9(2)17(25)12(22)18(26)13(4)8-16(24)14(17,5)20(18,27)19(28-16)11(21)10(3)6-7-15(13,19)23/h9,11-12,21-27H,3,6-8H2,1-2,4-5H3/t11-,12-,13+,14+,15+,16+,17-,18-,19-,20-/m1/s1. The minimum Gasteiger partial charge on any atom is -0.387 e. The van der Waals surface area contributed by atoms with Crippen LogP contribution in [-0.2, 0) is 4.74 Å². The number of rotatable bonds is 1. The van der Waals surface area contributed by atoms with Crippen molar-refractivity contribution in [3.8, 4) is 0 Å². The fourth-order valence-corrected chi connectivity index (χ4v) is 8.54. The molecule has 7 N–H and O–H groups in total. The Balaban J connectivity index is 1.98. The Morgan fingerprint density at radius 3 is 2.18 bits per heavy atom. The Hall–Kier alpha value is -0.580. The highest BCUT2D eigenvalue weighted by molar-refractivity contribution is 5.57. The molecule has 8 heteroatoms. The van der Waals surface area contributed by atoms with E-state index in [1.54, 1.807) is 13.8 Å². The molecule has 0 unspecified atom stereocenters. The average Bonchev–Trinajstić information content (AvgIpc) is 2.84. The number of hydrogen-bond donors (Lipinski definition) is 7. The third-order valence-electron chi connectivity index (χ3n) is 9.96. The number of aliphatic hydroxyl groups is 7. The van der Waals surface area contributed by atoms with Gasteiger partial charge in [0.25, 0.3) is 0 Å². The molecule has 4 saturated carbocycles. The summed E-state index contributed by atoms with van der Waals surface area (Å²) in [5.74, 6) is -2.90. The third kappa shape index (κ3) is 1.10. The first-order valence-corrected chi connectivity index (χ1v) is 9.91. The predicted octanol–water partition coefficient (Wildman–Crippen LogP) is -1.46. The van der Waals surface area contributed by atoms with Gasteiger partial charge in [-0.3, -0.25) is 0 Å². The Morgan fingerprint density at radius 2 is 1.64 bits per heavy atom. The van der Waals surface area contributed by atoms with Gasteiger partial charge in [0, 0.05) is 11.8 Å². The number of hydrogen-bond acceptors (Lipinski definition) is 8. The van der Waals surface area contributed by atoms with Crippen LogP contribution in [-0.4, -0.2) is 81.7 Å². The molecule has 0 aromatic heterocycles. The Morgan fingerprint density at radius 1 is 1.07 bits per heavy atom. The molecule has 6 bridgehead atoms. The van der Waals surface area contributed by atoms with Gasteiger partial charge < -0.3 is 40.5 Å². The van der Waals surface area contributed by atoms with Crippen molar-refractivity contribution in [2.45, 2.75) is 93.0 Å². The fourth-order valence-electron chi connectivity index (χ4n) is 8.54.